The van der Waals surface area contributed by atoms with Gasteiger partial charge in [0.15, 0.2) is 11.5 Å². The van der Waals surface area contributed by atoms with E-state index in [0.29, 0.717) is 5.82 Å². The van der Waals surface area contributed by atoms with E-state index in [4.69, 9.17) is 4.74 Å². The van der Waals surface area contributed by atoms with Crippen LogP contribution in [0, 0.1) is 0 Å². The fourth-order valence-corrected chi connectivity index (χ4v) is 1.94. The molecule has 3 rings (SSSR count). The lowest BCUT2D eigenvalue weighted by Gasteiger charge is -2.10. The van der Waals surface area contributed by atoms with Crippen LogP contribution in [0.5, 0.6) is 5.75 Å². The Bertz CT molecular complexity index is 733. The van der Waals surface area contributed by atoms with Crippen LogP contribution in [-0.4, -0.2) is 41.0 Å². The normalized spacial score (nSPS) is 10.8. The molecule has 1 aromatic carbocycles. The summed E-state index contributed by atoms with van der Waals surface area (Å²) in [4.78, 5) is 1.94. The molecule has 0 bridgehead atoms. The molecule has 102 valence electrons. The molecule has 0 spiro atoms. The number of hydrogen-bond acceptors (Lipinski definition) is 5. The average molecular weight is 269 g/mol. The Morgan fingerprint density at radius 2 is 1.75 bits per heavy atom. The van der Waals surface area contributed by atoms with Crippen molar-refractivity contribution >= 4 is 11.5 Å². The predicted molar refractivity (Wildman–Crippen MR) is 77.1 cm³/mol. The van der Waals surface area contributed by atoms with Gasteiger partial charge in [0.2, 0.25) is 0 Å². The number of rotatable bonds is 3. The third-order valence-corrected chi connectivity index (χ3v) is 3.06. The number of fused-ring (bicyclic) bond motifs is 1. The molecule has 0 N–H and O–H groups in total. The molecular formula is C14H15N5O. The number of benzene rings is 1. The molecule has 6 heteroatoms. The summed E-state index contributed by atoms with van der Waals surface area (Å²) >= 11 is 0. The second-order valence-corrected chi connectivity index (χ2v) is 4.61. The standard InChI is InChI=1S/C14H15N5O/c1-18(2)13-9-8-12-15-16-14(19(12)17-13)10-4-6-11(20-3)7-5-10/h4-9H,1-3H3. The van der Waals surface area contributed by atoms with E-state index in [2.05, 4.69) is 15.3 Å². The zero-order chi connectivity index (χ0) is 14.1. The van der Waals surface area contributed by atoms with Gasteiger partial charge >= 0.3 is 0 Å². The zero-order valence-electron chi connectivity index (χ0n) is 11.6. The second kappa shape index (κ2) is 4.80. The molecule has 2 heterocycles. The molecule has 0 aliphatic carbocycles. The van der Waals surface area contributed by atoms with Crippen LogP contribution in [0.4, 0.5) is 5.82 Å². The van der Waals surface area contributed by atoms with E-state index < -0.39 is 0 Å². The van der Waals surface area contributed by atoms with Gasteiger partial charge in [-0.05, 0) is 36.4 Å². The first-order valence-corrected chi connectivity index (χ1v) is 6.23. The van der Waals surface area contributed by atoms with Gasteiger partial charge in [-0.1, -0.05) is 0 Å². The Kier molecular flexibility index (Phi) is 2.98. The molecule has 0 saturated heterocycles. The first-order valence-electron chi connectivity index (χ1n) is 6.23. The fraction of sp³-hybridized carbons (Fsp3) is 0.214. The Hall–Kier alpha value is -2.63. The highest BCUT2D eigenvalue weighted by molar-refractivity contribution is 5.60. The van der Waals surface area contributed by atoms with Crippen LogP contribution in [0.2, 0.25) is 0 Å². The number of nitrogens with zero attached hydrogens (tertiary/aromatic N) is 5. The monoisotopic (exact) mass is 269 g/mol. The lowest BCUT2D eigenvalue weighted by atomic mass is 10.2. The van der Waals surface area contributed by atoms with Gasteiger partial charge in [-0.25, -0.2) is 0 Å². The summed E-state index contributed by atoms with van der Waals surface area (Å²) in [5.41, 5.74) is 1.67. The van der Waals surface area contributed by atoms with Crippen LogP contribution in [0.15, 0.2) is 36.4 Å². The number of aromatic nitrogens is 4. The van der Waals surface area contributed by atoms with Crippen molar-refractivity contribution in [3.8, 4) is 17.1 Å². The third kappa shape index (κ3) is 2.05. The van der Waals surface area contributed by atoms with Crippen molar-refractivity contribution in [2.75, 3.05) is 26.1 Å². The van der Waals surface area contributed by atoms with Crippen LogP contribution in [0.3, 0.4) is 0 Å². The number of hydrogen-bond donors (Lipinski definition) is 0. The Labute approximate surface area is 116 Å². The molecule has 3 aromatic rings. The van der Waals surface area contributed by atoms with Crippen LogP contribution in [0.1, 0.15) is 0 Å². The maximum absolute atomic E-state index is 5.16. The van der Waals surface area contributed by atoms with E-state index >= 15 is 0 Å². The summed E-state index contributed by atoms with van der Waals surface area (Å²) in [6.45, 7) is 0. The minimum absolute atomic E-state index is 0.714. The number of methoxy groups -OCH3 is 1. The first-order chi connectivity index (χ1) is 9.69. The molecule has 0 atom stereocenters. The zero-order valence-corrected chi connectivity index (χ0v) is 11.6. The fourth-order valence-electron chi connectivity index (χ4n) is 1.94. The Morgan fingerprint density at radius 3 is 2.40 bits per heavy atom. The van der Waals surface area contributed by atoms with Gasteiger partial charge in [-0.3, -0.25) is 0 Å². The highest BCUT2D eigenvalue weighted by Gasteiger charge is 2.10. The van der Waals surface area contributed by atoms with Crippen LogP contribution < -0.4 is 9.64 Å². The second-order valence-electron chi connectivity index (χ2n) is 4.61. The van der Waals surface area contributed by atoms with E-state index in [0.717, 1.165) is 22.8 Å². The highest BCUT2D eigenvalue weighted by atomic mass is 16.5. The molecule has 0 radical (unpaired) electrons. The van der Waals surface area contributed by atoms with Crippen molar-refractivity contribution in [2.24, 2.45) is 0 Å². The minimum Gasteiger partial charge on any atom is -0.497 e. The molecule has 0 amide bonds. The Balaban J connectivity index is 2.12. The number of anilines is 1. The molecule has 2 aromatic heterocycles. The van der Waals surface area contributed by atoms with Crippen molar-refractivity contribution in [1.82, 2.24) is 19.8 Å². The van der Waals surface area contributed by atoms with Crippen LogP contribution in [-0.2, 0) is 0 Å². The lowest BCUT2D eigenvalue weighted by Crippen LogP contribution is -2.12. The van der Waals surface area contributed by atoms with Crippen molar-refractivity contribution in [2.45, 2.75) is 0 Å². The van der Waals surface area contributed by atoms with Gasteiger partial charge in [0.1, 0.15) is 11.6 Å². The van der Waals surface area contributed by atoms with Gasteiger partial charge in [0, 0.05) is 19.7 Å². The average Bonchev–Trinajstić information content (AvgIpc) is 2.90. The minimum atomic E-state index is 0.714. The largest absolute Gasteiger partial charge is 0.497 e. The smallest absolute Gasteiger partial charge is 0.185 e. The molecule has 0 fully saturated rings. The Morgan fingerprint density at radius 1 is 1.00 bits per heavy atom. The summed E-state index contributed by atoms with van der Waals surface area (Å²) in [6, 6.07) is 11.5. The molecule has 0 aliphatic rings. The maximum atomic E-state index is 5.16. The highest BCUT2D eigenvalue weighted by Crippen LogP contribution is 2.21. The SMILES string of the molecule is COc1ccc(-c2nnc3ccc(N(C)C)nn23)cc1. The summed E-state index contributed by atoms with van der Waals surface area (Å²) in [5.74, 6) is 2.38. The van der Waals surface area contributed by atoms with Crippen molar-refractivity contribution in [1.29, 1.82) is 0 Å². The summed E-state index contributed by atoms with van der Waals surface area (Å²) < 4.78 is 6.91. The van der Waals surface area contributed by atoms with E-state index in [1.165, 1.54) is 0 Å². The van der Waals surface area contributed by atoms with E-state index in [-0.39, 0.29) is 0 Å². The molecule has 20 heavy (non-hydrogen) atoms. The predicted octanol–water partition coefficient (Wildman–Crippen LogP) is 1.87. The summed E-state index contributed by atoms with van der Waals surface area (Å²) in [6.07, 6.45) is 0. The number of ether oxygens (including phenoxy) is 1. The molecule has 0 saturated carbocycles. The van der Waals surface area contributed by atoms with E-state index in [1.807, 2.05) is 55.4 Å². The summed E-state index contributed by atoms with van der Waals surface area (Å²) in [7, 11) is 5.55. The van der Waals surface area contributed by atoms with Crippen molar-refractivity contribution < 1.29 is 4.74 Å². The quantitative estimate of drug-likeness (QED) is 0.726. The third-order valence-electron chi connectivity index (χ3n) is 3.06. The van der Waals surface area contributed by atoms with Crippen molar-refractivity contribution in [3.05, 3.63) is 36.4 Å². The van der Waals surface area contributed by atoms with Gasteiger partial charge in [0.05, 0.1) is 7.11 Å². The van der Waals surface area contributed by atoms with Gasteiger partial charge < -0.3 is 9.64 Å². The molecular weight excluding hydrogens is 254 g/mol. The topological polar surface area (TPSA) is 55.6 Å². The van der Waals surface area contributed by atoms with E-state index in [1.54, 1.807) is 11.6 Å². The van der Waals surface area contributed by atoms with Crippen LogP contribution in [0.25, 0.3) is 17.0 Å². The maximum Gasteiger partial charge on any atom is 0.185 e. The first kappa shape index (κ1) is 12.4. The molecule has 6 nitrogen and oxygen atoms in total. The van der Waals surface area contributed by atoms with E-state index in [9.17, 15) is 0 Å². The lowest BCUT2D eigenvalue weighted by molar-refractivity contribution is 0.415. The summed E-state index contributed by atoms with van der Waals surface area (Å²) in [5, 5.41) is 12.9. The molecule has 0 unspecified atom stereocenters. The molecule has 0 aliphatic heterocycles. The van der Waals surface area contributed by atoms with Crippen LogP contribution >= 0.6 is 0 Å². The van der Waals surface area contributed by atoms with Gasteiger partial charge in [-0.15, -0.1) is 15.3 Å². The van der Waals surface area contributed by atoms with Gasteiger partial charge in [-0.2, -0.15) is 4.52 Å². The van der Waals surface area contributed by atoms with Gasteiger partial charge in [0.25, 0.3) is 0 Å². The van der Waals surface area contributed by atoms with Crippen molar-refractivity contribution in [3.63, 3.8) is 0 Å².